The van der Waals surface area contributed by atoms with E-state index in [2.05, 4.69) is 62.5 Å². The Morgan fingerprint density at radius 1 is 1.03 bits per heavy atom. The number of hydrogen-bond donors (Lipinski definition) is 2. The van der Waals surface area contributed by atoms with Gasteiger partial charge in [-0.2, -0.15) is 0 Å². The van der Waals surface area contributed by atoms with Crippen LogP contribution in [0.1, 0.15) is 55.5 Å². The van der Waals surface area contributed by atoms with Crippen LogP contribution < -0.4 is 5.48 Å². The number of halogens is 1. The average Bonchev–Trinajstić information content (AvgIpc) is 3.38. The number of fused-ring (bicyclic) bond motifs is 1. The van der Waals surface area contributed by atoms with Crippen molar-refractivity contribution in [3.8, 4) is 0 Å². The van der Waals surface area contributed by atoms with Crippen LogP contribution in [0.5, 0.6) is 0 Å². The minimum atomic E-state index is 0.122. The Labute approximate surface area is 221 Å². The molecule has 6 nitrogen and oxygen atoms in total. The van der Waals surface area contributed by atoms with Crippen molar-refractivity contribution in [1.82, 2.24) is 20.3 Å². The third-order valence-electron chi connectivity index (χ3n) is 7.87. The van der Waals surface area contributed by atoms with Gasteiger partial charge in [-0.05, 0) is 86.4 Å². The first kappa shape index (κ1) is 25.1. The Bertz CT molecular complexity index is 1230. The number of nitrogens with one attached hydrogen (secondary N) is 2. The van der Waals surface area contributed by atoms with Crippen molar-refractivity contribution < 1.29 is 9.63 Å². The highest BCUT2D eigenvalue weighted by Crippen LogP contribution is 2.34. The molecule has 0 unspecified atom stereocenters. The second-order valence-electron chi connectivity index (χ2n) is 10.1. The monoisotopic (exact) mass is 550 g/mol. The van der Waals surface area contributed by atoms with Crippen molar-refractivity contribution in [3.63, 3.8) is 0 Å². The fraction of sp³-hybridized carbons (Fsp3) is 0.414. The van der Waals surface area contributed by atoms with Crippen LogP contribution in [-0.4, -0.2) is 59.0 Å². The summed E-state index contributed by atoms with van der Waals surface area (Å²) in [5, 5.41) is 1.14. The van der Waals surface area contributed by atoms with Crippen molar-refractivity contribution in [2.45, 2.75) is 45.1 Å². The van der Waals surface area contributed by atoms with Gasteiger partial charge in [0.05, 0.1) is 12.3 Å². The third-order valence-corrected chi connectivity index (χ3v) is 8.39. The molecule has 0 bridgehead atoms. The van der Waals surface area contributed by atoms with Gasteiger partial charge >= 0.3 is 0 Å². The van der Waals surface area contributed by atoms with E-state index >= 15 is 0 Å². The molecule has 1 aromatic heterocycles. The Morgan fingerprint density at radius 3 is 2.42 bits per heavy atom. The fourth-order valence-corrected chi connectivity index (χ4v) is 5.80. The van der Waals surface area contributed by atoms with Gasteiger partial charge in [0.15, 0.2) is 0 Å². The van der Waals surface area contributed by atoms with Gasteiger partial charge in [-0.25, -0.2) is 0 Å². The topological polar surface area (TPSA) is 60.6 Å². The zero-order valence-corrected chi connectivity index (χ0v) is 22.7. The van der Waals surface area contributed by atoms with Gasteiger partial charge < -0.3 is 9.88 Å². The highest BCUT2D eigenvalue weighted by atomic mass is 79.9. The van der Waals surface area contributed by atoms with Crippen molar-refractivity contribution >= 4 is 38.4 Å². The Hall–Kier alpha value is -2.61. The quantitative estimate of drug-likeness (QED) is 0.371. The van der Waals surface area contributed by atoms with Crippen molar-refractivity contribution in [2.24, 2.45) is 0 Å². The van der Waals surface area contributed by atoms with Gasteiger partial charge in [-0.3, -0.25) is 20.0 Å². The van der Waals surface area contributed by atoms with E-state index in [0.29, 0.717) is 6.61 Å². The molecular formula is C29H35BrN4O2. The number of hydroxylamine groups is 1. The van der Waals surface area contributed by atoms with E-state index in [1.165, 1.54) is 5.57 Å². The van der Waals surface area contributed by atoms with Gasteiger partial charge in [0.1, 0.15) is 0 Å². The summed E-state index contributed by atoms with van der Waals surface area (Å²) >= 11 is 3.53. The average molecular weight is 552 g/mol. The van der Waals surface area contributed by atoms with Crippen LogP contribution in [-0.2, 0) is 4.84 Å². The second kappa shape index (κ2) is 10.8. The van der Waals surface area contributed by atoms with E-state index in [9.17, 15) is 4.79 Å². The van der Waals surface area contributed by atoms with E-state index in [0.717, 1.165) is 84.1 Å². The lowest BCUT2D eigenvalue weighted by Crippen LogP contribution is -2.56. The zero-order chi connectivity index (χ0) is 25.1. The maximum atomic E-state index is 13.2. The van der Waals surface area contributed by atoms with Gasteiger partial charge in [-0.1, -0.05) is 34.1 Å². The number of carbonyl (C=O) groups excluding carboxylic acids is 1. The molecule has 2 N–H and O–H groups in total. The molecule has 2 fully saturated rings. The normalized spacial score (nSPS) is 18.4. The number of nitrogens with zero attached hydrogens (tertiary/aromatic N) is 2. The summed E-state index contributed by atoms with van der Waals surface area (Å²) in [5.41, 5.74) is 8.80. The second-order valence-corrected chi connectivity index (χ2v) is 11.0. The molecule has 1 amide bonds. The molecule has 3 heterocycles. The van der Waals surface area contributed by atoms with E-state index in [4.69, 9.17) is 4.84 Å². The van der Waals surface area contributed by atoms with Crippen LogP contribution in [0.3, 0.4) is 0 Å². The number of amides is 1. The van der Waals surface area contributed by atoms with Gasteiger partial charge in [0.25, 0.3) is 5.91 Å². The van der Waals surface area contributed by atoms with Crippen LogP contribution in [0, 0.1) is 0 Å². The largest absolute Gasteiger partial charge is 0.361 e. The smallest absolute Gasteiger partial charge is 0.253 e. The summed E-state index contributed by atoms with van der Waals surface area (Å²) in [6.07, 6.45) is 5.94. The predicted molar refractivity (Wildman–Crippen MR) is 148 cm³/mol. The molecule has 0 radical (unpaired) electrons. The number of H-pyrrole nitrogens is 1. The molecule has 0 aliphatic carbocycles. The molecule has 190 valence electrons. The first-order chi connectivity index (χ1) is 17.5. The lowest BCUT2D eigenvalue weighted by Gasteiger charge is -2.48. The molecule has 3 aromatic rings. The summed E-state index contributed by atoms with van der Waals surface area (Å²) in [4.78, 5) is 26.7. The number of aromatic amines is 1. The summed E-state index contributed by atoms with van der Waals surface area (Å²) < 4.78 is 1.07. The van der Waals surface area contributed by atoms with Gasteiger partial charge in [-0.15, -0.1) is 0 Å². The van der Waals surface area contributed by atoms with E-state index < -0.39 is 0 Å². The maximum Gasteiger partial charge on any atom is 0.253 e. The van der Waals surface area contributed by atoms with Gasteiger partial charge in [0.2, 0.25) is 0 Å². The molecule has 0 spiro atoms. The maximum absolute atomic E-state index is 13.2. The van der Waals surface area contributed by atoms with E-state index in [-0.39, 0.29) is 11.4 Å². The first-order valence-electron chi connectivity index (χ1n) is 12.9. The molecular weight excluding hydrogens is 516 g/mol. The molecule has 2 aromatic carbocycles. The van der Waals surface area contributed by atoms with Crippen LogP contribution in [0.15, 0.2) is 64.8 Å². The highest BCUT2D eigenvalue weighted by Gasteiger charge is 2.38. The minimum Gasteiger partial charge on any atom is -0.361 e. The fourth-order valence-electron chi connectivity index (χ4n) is 5.53. The predicted octanol–water partition coefficient (Wildman–Crippen LogP) is 5.97. The lowest BCUT2D eigenvalue weighted by molar-refractivity contribution is 0.0256. The summed E-state index contributed by atoms with van der Waals surface area (Å²) in [6.45, 7) is 8.64. The number of piperidine rings is 2. The molecule has 2 saturated heterocycles. The van der Waals surface area contributed by atoms with Crippen molar-refractivity contribution in [3.05, 3.63) is 75.9 Å². The highest BCUT2D eigenvalue weighted by molar-refractivity contribution is 9.10. The van der Waals surface area contributed by atoms with Crippen LogP contribution >= 0.6 is 15.9 Å². The molecule has 5 rings (SSSR count). The van der Waals surface area contributed by atoms with E-state index in [1.54, 1.807) is 0 Å². The minimum absolute atomic E-state index is 0.122. The Kier molecular flexibility index (Phi) is 7.51. The lowest BCUT2D eigenvalue weighted by atomic mass is 9.85. The number of rotatable bonds is 6. The number of carbonyl (C=O) groups is 1. The molecule has 2 aliphatic rings. The molecule has 36 heavy (non-hydrogen) atoms. The first-order valence-corrected chi connectivity index (χ1v) is 13.7. The number of benzene rings is 2. The summed E-state index contributed by atoms with van der Waals surface area (Å²) in [6, 6.07) is 16.4. The van der Waals surface area contributed by atoms with Crippen molar-refractivity contribution in [1.29, 1.82) is 0 Å². The number of likely N-dealkylation sites (tertiary alicyclic amines) is 2. The third kappa shape index (κ3) is 5.24. The van der Waals surface area contributed by atoms with Gasteiger partial charge in [0, 0.05) is 53.5 Å². The SMILES string of the molecule is CCONC(=C1CCN(C2(C)CCN(C(=O)c3ccc4cc[nH]c4c3)CC2)CC1)c1ccc(Br)cc1. The number of hydrogen-bond acceptors (Lipinski definition) is 4. The molecule has 7 heteroatoms. The Balaban J connectivity index is 1.22. The summed E-state index contributed by atoms with van der Waals surface area (Å²) in [5.74, 6) is 0.138. The Morgan fingerprint density at radius 2 is 1.72 bits per heavy atom. The molecule has 0 saturated carbocycles. The molecule has 2 aliphatic heterocycles. The number of aromatic nitrogens is 1. The van der Waals surface area contributed by atoms with Crippen LogP contribution in [0.25, 0.3) is 16.6 Å². The van der Waals surface area contributed by atoms with Crippen LogP contribution in [0.4, 0.5) is 0 Å². The molecule has 0 atom stereocenters. The zero-order valence-electron chi connectivity index (χ0n) is 21.1. The van der Waals surface area contributed by atoms with Crippen LogP contribution in [0.2, 0.25) is 0 Å². The van der Waals surface area contributed by atoms with Crippen molar-refractivity contribution in [2.75, 3.05) is 32.8 Å². The standard InChI is InChI=1S/C29H35BrN4O2/c1-3-36-32-27(22-6-8-25(30)9-7-22)23-11-16-34(17-12-23)29(2)13-18-33(19-14-29)28(35)24-5-4-21-10-15-31-26(21)20-24/h4-10,15,20,31-32H,3,11-14,16-19H2,1-2H3. The summed E-state index contributed by atoms with van der Waals surface area (Å²) in [7, 11) is 0. The van der Waals surface area contributed by atoms with E-state index in [1.807, 2.05) is 42.3 Å².